The number of benzene rings is 5. The molecule has 0 unspecified atom stereocenters. The third-order valence-corrected chi connectivity index (χ3v) is 18.5. The number of nitrogens with zero attached hydrogens (tertiary/aromatic N) is 2. The van der Waals surface area contributed by atoms with Crippen molar-refractivity contribution in [2.45, 2.75) is 176 Å². The molecular formula is C59H75BN2SSi. The van der Waals surface area contributed by atoms with Crippen molar-refractivity contribution < 1.29 is 0 Å². The van der Waals surface area contributed by atoms with Gasteiger partial charge in [-0.15, -0.1) is 11.3 Å². The second-order valence-corrected chi connectivity index (χ2v) is 32.5. The molecule has 6 aromatic rings. The summed E-state index contributed by atoms with van der Waals surface area (Å²) in [6.07, 6.45) is 2.40. The first-order chi connectivity index (χ1) is 29.4. The summed E-state index contributed by atoms with van der Waals surface area (Å²) in [6.45, 7) is 45.9. The Hall–Kier alpha value is -4.06. The molecule has 0 radical (unpaired) electrons. The van der Waals surface area contributed by atoms with Crippen molar-refractivity contribution in [2.75, 3.05) is 9.80 Å². The lowest BCUT2D eigenvalue weighted by atomic mass is 9.36. The summed E-state index contributed by atoms with van der Waals surface area (Å²) in [5.74, 6) is 0. The molecule has 3 aliphatic rings. The van der Waals surface area contributed by atoms with Crippen molar-refractivity contribution in [2.24, 2.45) is 0 Å². The van der Waals surface area contributed by atoms with Crippen LogP contribution < -0.4 is 30.7 Å². The molecule has 3 heterocycles. The van der Waals surface area contributed by atoms with Crippen LogP contribution in [0.15, 0.2) is 84.9 Å². The Bertz CT molecular complexity index is 2860. The molecule has 0 bridgehead atoms. The number of fused-ring (bicyclic) bond motifs is 7. The summed E-state index contributed by atoms with van der Waals surface area (Å²) in [5.41, 5.74) is 19.6. The van der Waals surface area contributed by atoms with E-state index in [-0.39, 0.29) is 39.2 Å². The van der Waals surface area contributed by atoms with Crippen LogP contribution in [0, 0.1) is 0 Å². The summed E-state index contributed by atoms with van der Waals surface area (Å²) < 4.78 is 2.88. The molecule has 64 heavy (non-hydrogen) atoms. The van der Waals surface area contributed by atoms with Gasteiger partial charge in [0, 0.05) is 43.3 Å². The summed E-state index contributed by atoms with van der Waals surface area (Å²) in [4.78, 5) is 5.42. The summed E-state index contributed by atoms with van der Waals surface area (Å²) in [7, 11) is -1.88. The molecule has 1 aliphatic carbocycles. The van der Waals surface area contributed by atoms with Crippen LogP contribution in [0.4, 0.5) is 34.1 Å². The molecular weight excluding hydrogens is 808 g/mol. The highest BCUT2D eigenvalue weighted by Gasteiger charge is 2.48. The monoisotopic (exact) mass is 883 g/mol. The van der Waals surface area contributed by atoms with Crippen LogP contribution in [-0.2, 0) is 32.5 Å². The first-order valence-electron chi connectivity index (χ1n) is 24.2. The Morgan fingerprint density at radius 3 is 1.56 bits per heavy atom. The van der Waals surface area contributed by atoms with Gasteiger partial charge in [0.05, 0.1) is 13.8 Å². The van der Waals surface area contributed by atoms with Gasteiger partial charge < -0.3 is 9.80 Å². The van der Waals surface area contributed by atoms with Crippen LogP contribution in [0.25, 0.3) is 10.1 Å². The van der Waals surface area contributed by atoms with Crippen LogP contribution in [0.5, 0.6) is 0 Å². The molecule has 9 rings (SSSR count). The quantitative estimate of drug-likeness (QED) is 0.163. The summed E-state index contributed by atoms with van der Waals surface area (Å²) in [6, 6.07) is 35.1. The van der Waals surface area contributed by atoms with Gasteiger partial charge in [-0.1, -0.05) is 172 Å². The molecule has 5 heteroatoms. The Morgan fingerprint density at radius 2 is 1.03 bits per heavy atom. The highest BCUT2D eigenvalue weighted by atomic mass is 32.1. The zero-order valence-corrected chi connectivity index (χ0v) is 44.7. The van der Waals surface area contributed by atoms with Gasteiger partial charge in [-0.05, 0) is 138 Å². The van der Waals surface area contributed by atoms with Crippen molar-refractivity contribution in [3.63, 3.8) is 0 Å². The Labute approximate surface area is 393 Å². The molecule has 0 saturated carbocycles. The smallest absolute Gasteiger partial charge is 0.264 e. The van der Waals surface area contributed by atoms with Crippen LogP contribution in [0.3, 0.4) is 0 Å². The number of rotatable bonds is 3. The fourth-order valence-electron chi connectivity index (χ4n) is 10.9. The Morgan fingerprint density at radius 1 is 0.531 bits per heavy atom. The normalized spacial score (nSPS) is 17.0. The number of hydrogen-bond acceptors (Lipinski definition) is 3. The number of thiophene rings is 1. The number of hydrogen-bond donors (Lipinski definition) is 0. The molecule has 0 spiro atoms. The van der Waals surface area contributed by atoms with E-state index in [1.807, 2.05) is 0 Å². The van der Waals surface area contributed by atoms with Gasteiger partial charge in [0.1, 0.15) is 0 Å². The topological polar surface area (TPSA) is 6.48 Å². The molecule has 1 aromatic heterocycles. The maximum Gasteiger partial charge on any atom is 0.264 e. The van der Waals surface area contributed by atoms with Crippen molar-refractivity contribution in [3.05, 3.63) is 118 Å². The highest BCUT2D eigenvalue weighted by molar-refractivity contribution is 7.33. The van der Waals surface area contributed by atoms with E-state index in [1.54, 1.807) is 0 Å². The molecule has 334 valence electrons. The zero-order chi connectivity index (χ0) is 46.6. The van der Waals surface area contributed by atoms with Crippen molar-refractivity contribution in [1.29, 1.82) is 0 Å². The van der Waals surface area contributed by atoms with Gasteiger partial charge in [-0.3, -0.25) is 0 Å². The van der Waals surface area contributed by atoms with Crippen LogP contribution in [-0.4, -0.2) is 14.8 Å². The molecule has 0 saturated heterocycles. The van der Waals surface area contributed by atoms with Crippen LogP contribution >= 0.6 is 11.3 Å². The van der Waals surface area contributed by atoms with Crippen LogP contribution in [0.2, 0.25) is 19.6 Å². The molecule has 2 nitrogen and oxygen atoms in total. The van der Waals surface area contributed by atoms with Gasteiger partial charge in [-0.25, -0.2) is 0 Å². The van der Waals surface area contributed by atoms with Gasteiger partial charge >= 0.3 is 0 Å². The number of anilines is 6. The van der Waals surface area contributed by atoms with Gasteiger partial charge in [0.15, 0.2) is 0 Å². The first kappa shape index (κ1) is 45.1. The molecule has 0 amide bonds. The van der Waals surface area contributed by atoms with Gasteiger partial charge in [-0.2, -0.15) is 0 Å². The lowest BCUT2D eigenvalue weighted by molar-refractivity contribution is 0.332. The second-order valence-electron chi connectivity index (χ2n) is 26.3. The van der Waals surface area contributed by atoms with Gasteiger partial charge in [0.2, 0.25) is 0 Å². The minimum Gasteiger partial charge on any atom is -0.311 e. The fraction of sp³-hybridized carbons (Fsp3) is 0.458. The second kappa shape index (κ2) is 14.2. The van der Waals surface area contributed by atoms with Gasteiger partial charge in [0.25, 0.3) is 6.71 Å². The Balaban J connectivity index is 1.46. The minimum absolute atomic E-state index is 0.00962. The van der Waals surface area contributed by atoms with E-state index in [2.05, 4.69) is 236 Å². The third-order valence-electron chi connectivity index (χ3n) is 15.3. The fourth-order valence-corrected chi connectivity index (χ4v) is 13.4. The highest BCUT2D eigenvalue weighted by Crippen LogP contribution is 2.53. The predicted molar refractivity (Wildman–Crippen MR) is 289 cm³/mol. The van der Waals surface area contributed by atoms with E-state index in [4.69, 9.17) is 0 Å². The largest absolute Gasteiger partial charge is 0.311 e. The minimum atomic E-state index is -1.88. The Kier molecular flexibility index (Phi) is 10.0. The van der Waals surface area contributed by atoms with Crippen molar-refractivity contribution in [1.82, 2.24) is 0 Å². The van der Waals surface area contributed by atoms with E-state index < -0.39 is 8.07 Å². The van der Waals surface area contributed by atoms with Crippen molar-refractivity contribution in [3.8, 4) is 0 Å². The molecule has 0 atom stereocenters. The average Bonchev–Trinajstić information content (AvgIpc) is 3.55. The lowest BCUT2D eigenvalue weighted by Crippen LogP contribution is -2.61. The van der Waals surface area contributed by atoms with E-state index in [0.29, 0.717) is 0 Å². The van der Waals surface area contributed by atoms with E-state index >= 15 is 0 Å². The van der Waals surface area contributed by atoms with E-state index in [1.165, 1.54) is 111 Å². The van der Waals surface area contributed by atoms with E-state index in [0.717, 1.165) is 0 Å². The third kappa shape index (κ3) is 7.25. The standard InChI is InChI=1S/C59H75BN2SSi/c1-54(2,3)36-20-24-39(25-21-36)61-48-32-40(64(17,18)19)33-49-51(48)60(53-52(61)41-34-42-43(35-50(41)63-53)59(15,16)29-28-58(42,13)14)45-31-38(56(7,8)9)23-27-47(45)62(49)46-26-22-37(55(4,5)6)30-44(46)57(10,11)12/h20-27,30-35H,28-29H2,1-19H3. The molecule has 2 aliphatic heterocycles. The summed E-state index contributed by atoms with van der Waals surface area (Å²) >= 11 is 2.06. The maximum atomic E-state index is 2.72. The van der Waals surface area contributed by atoms with Crippen molar-refractivity contribution >= 4 is 91.2 Å². The average molecular weight is 883 g/mol. The molecule has 0 N–H and O–H groups in total. The summed E-state index contributed by atoms with van der Waals surface area (Å²) in [5, 5.41) is 2.89. The van der Waals surface area contributed by atoms with Crippen LogP contribution in [0.1, 0.15) is 157 Å². The first-order valence-corrected chi connectivity index (χ1v) is 28.5. The molecule has 5 aromatic carbocycles. The molecule has 0 fully saturated rings. The predicted octanol–water partition coefficient (Wildman–Crippen LogP) is 15.1. The zero-order valence-electron chi connectivity index (χ0n) is 42.9. The van der Waals surface area contributed by atoms with E-state index in [9.17, 15) is 0 Å². The maximum absolute atomic E-state index is 2.72. The lowest BCUT2D eigenvalue weighted by Gasteiger charge is -2.45. The SMILES string of the molecule is CC(C)(C)c1ccc(N2c3cc([Si](C)(C)C)cc4c3B(c3cc(C(C)(C)C)ccc3N4c3ccc(C(C)(C)C)cc3C(C)(C)C)c3sc4cc5c(cc4c32)C(C)(C)CCC5(C)C)cc1.